The Bertz CT molecular complexity index is 339. The van der Waals surface area contributed by atoms with Crippen LogP contribution in [0.4, 0.5) is 0 Å². The Morgan fingerprint density at radius 1 is 1.47 bits per heavy atom. The first-order valence-electron chi connectivity index (χ1n) is 6.00. The lowest BCUT2D eigenvalue weighted by atomic mass is 10.2. The Balaban J connectivity index is 1.52. The van der Waals surface area contributed by atoms with Crippen LogP contribution in [0.2, 0.25) is 0 Å². The second-order valence-corrected chi connectivity index (χ2v) is 5.89. The summed E-state index contributed by atoms with van der Waals surface area (Å²) >= 11 is 1.82. The second-order valence-electron chi connectivity index (χ2n) is 4.95. The summed E-state index contributed by atoms with van der Waals surface area (Å²) in [7, 11) is 0. The molecule has 0 bridgehead atoms. The van der Waals surface area contributed by atoms with Crippen molar-refractivity contribution >= 4 is 11.3 Å². The molecule has 1 N–H and O–H groups in total. The van der Waals surface area contributed by atoms with Crippen molar-refractivity contribution in [2.24, 2.45) is 5.92 Å². The van der Waals surface area contributed by atoms with Crippen molar-refractivity contribution in [1.29, 1.82) is 0 Å². The van der Waals surface area contributed by atoms with E-state index < -0.39 is 0 Å². The minimum Gasteiger partial charge on any atom is -0.308 e. The van der Waals surface area contributed by atoms with Gasteiger partial charge in [-0.25, -0.2) is 4.98 Å². The summed E-state index contributed by atoms with van der Waals surface area (Å²) in [6.45, 7) is 3.27. The number of nitrogens with one attached hydrogen (secondary N) is 1. The van der Waals surface area contributed by atoms with Gasteiger partial charge in [-0.15, -0.1) is 11.3 Å². The zero-order valence-electron chi connectivity index (χ0n) is 9.20. The fourth-order valence-electron chi connectivity index (χ4n) is 1.98. The number of nitrogens with zero attached hydrogens (tertiary/aromatic N) is 1. The van der Waals surface area contributed by atoms with Crippen LogP contribution in [0.5, 0.6) is 0 Å². The van der Waals surface area contributed by atoms with Gasteiger partial charge in [0.1, 0.15) is 5.01 Å². The molecule has 3 rings (SSSR count). The average molecular weight is 222 g/mol. The highest BCUT2D eigenvalue weighted by atomic mass is 32.1. The maximum atomic E-state index is 4.68. The first kappa shape index (κ1) is 9.79. The maximum absolute atomic E-state index is 4.68. The molecule has 1 unspecified atom stereocenters. The maximum Gasteiger partial charge on any atom is 0.107 e. The monoisotopic (exact) mass is 222 g/mol. The molecule has 3 heteroatoms. The van der Waals surface area contributed by atoms with Gasteiger partial charge in [-0.2, -0.15) is 0 Å². The molecule has 2 nitrogen and oxygen atoms in total. The molecule has 0 saturated heterocycles. The van der Waals surface area contributed by atoms with Gasteiger partial charge in [0.2, 0.25) is 0 Å². The lowest BCUT2D eigenvalue weighted by molar-refractivity contribution is 0.495. The Kier molecular flexibility index (Phi) is 2.53. The molecule has 2 fully saturated rings. The van der Waals surface area contributed by atoms with E-state index in [4.69, 9.17) is 0 Å². The van der Waals surface area contributed by atoms with Crippen molar-refractivity contribution in [3.63, 3.8) is 0 Å². The number of hydrogen-bond donors (Lipinski definition) is 1. The zero-order valence-corrected chi connectivity index (χ0v) is 10.0. The minimum atomic E-state index is 0.679. The molecule has 2 aliphatic rings. The predicted octanol–water partition coefficient (Wildman–Crippen LogP) is 2.91. The Hall–Kier alpha value is -0.410. The van der Waals surface area contributed by atoms with Crippen molar-refractivity contribution in [2.45, 2.75) is 51.1 Å². The van der Waals surface area contributed by atoms with Gasteiger partial charge in [0.05, 0.1) is 5.69 Å². The largest absolute Gasteiger partial charge is 0.308 e. The van der Waals surface area contributed by atoms with Crippen LogP contribution in [0, 0.1) is 5.92 Å². The van der Waals surface area contributed by atoms with E-state index in [0.29, 0.717) is 6.04 Å². The van der Waals surface area contributed by atoms with E-state index in [1.165, 1.54) is 36.4 Å². The Labute approximate surface area is 95.1 Å². The summed E-state index contributed by atoms with van der Waals surface area (Å²) in [5, 5.41) is 7.10. The van der Waals surface area contributed by atoms with Crippen molar-refractivity contribution in [3.05, 3.63) is 16.1 Å². The number of thiazole rings is 1. The van der Waals surface area contributed by atoms with E-state index in [2.05, 4.69) is 22.6 Å². The predicted molar refractivity (Wildman–Crippen MR) is 63.1 cm³/mol. The van der Waals surface area contributed by atoms with Gasteiger partial charge >= 0.3 is 0 Å². The average Bonchev–Trinajstić information content (AvgIpc) is 3.12. The first-order chi connectivity index (χ1) is 7.33. The Morgan fingerprint density at radius 3 is 2.93 bits per heavy atom. The molecular weight excluding hydrogens is 204 g/mol. The fourth-order valence-corrected chi connectivity index (χ4v) is 2.81. The Morgan fingerprint density at radius 2 is 2.27 bits per heavy atom. The molecule has 0 aliphatic heterocycles. The van der Waals surface area contributed by atoms with Crippen molar-refractivity contribution in [1.82, 2.24) is 10.3 Å². The summed E-state index contributed by atoms with van der Waals surface area (Å²) in [4.78, 5) is 4.68. The number of rotatable bonds is 5. The molecule has 0 amide bonds. The molecule has 1 heterocycles. The third-order valence-corrected chi connectivity index (χ3v) is 4.34. The van der Waals surface area contributed by atoms with E-state index in [1.807, 2.05) is 11.3 Å². The molecule has 1 atom stereocenters. The van der Waals surface area contributed by atoms with Crippen molar-refractivity contribution in [2.75, 3.05) is 0 Å². The minimum absolute atomic E-state index is 0.679. The zero-order chi connectivity index (χ0) is 10.3. The smallest absolute Gasteiger partial charge is 0.107 e. The summed E-state index contributed by atoms with van der Waals surface area (Å²) in [5.74, 6) is 1.74. The molecule has 0 spiro atoms. The molecule has 82 valence electrons. The van der Waals surface area contributed by atoms with Crippen LogP contribution in [-0.4, -0.2) is 11.0 Å². The van der Waals surface area contributed by atoms with Gasteiger partial charge in [-0.05, 0) is 38.5 Å². The standard InChI is InChI=1S/C12H18N2S/c1-8(9-2-3-9)13-6-12-14-11(7-15-12)10-4-5-10/h7-10,13H,2-6H2,1H3. The molecule has 2 saturated carbocycles. The van der Waals surface area contributed by atoms with Gasteiger partial charge in [-0.3, -0.25) is 0 Å². The van der Waals surface area contributed by atoms with Gasteiger partial charge in [0.25, 0.3) is 0 Å². The van der Waals surface area contributed by atoms with E-state index in [-0.39, 0.29) is 0 Å². The molecule has 2 aliphatic carbocycles. The van der Waals surface area contributed by atoms with E-state index in [0.717, 1.165) is 18.4 Å². The van der Waals surface area contributed by atoms with E-state index in [9.17, 15) is 0 Å². The van der Waals surface area contributed by atoms with Crippen LogP contribution in [0.1, 0.15) is 49.2 Å². The van der Waals surface area contributed by atoms with Crippen molar-refractivity contribution in [3.8, 4) is 0 Å². The van der Waals surface area contributed by atoms with Gasteiger partial charge in [0.15, 0.2) is 0 Å². The lowest BCUT2D eigenvalue weighted by Gasteiger charge is -2.10. The topological polar surface area (TPSA) is 24.9 Å². The first-order valence-corrected chi connectivity index (χ1v) is 6.88. The number of hydrogen-bond acceptors (Lipinski definition) is 3. The molecule has 15 heavy (non-hydrogen) atoms. The van der Waals surface area contributed by atoms with Gasteiger partial charge < -0.3 is 5.32 Å². The van der Waals surface area contributed by atoms with Crippen LogP contribution in [0.3, 0.4) is 0 Å². The third-order valence-electron chi connectivity index (χ3n) is 3.47. The molecule has 1 aromatic rings. The van der Waals surface area contributed by atoms with Crippen LogP contribution >= 0.6 is 11.3 Å². The third kappa shape index (κ3) is 2.40. The summed E-state index contributed by atoms with van der Waals surface area (Å²) < 4.78 is 0. The quantitative estimate of drug-likeness (QED) is 0.828. The van der Waals surface area contributed by atoms with Crippen LogP contribution in [-0.2, 0) is 6.54 Å². The lowest BCUT2D eigenvalue weighted by Crippen LogP contribution is -2.27. The summed E-state index contributed by atoms with van der Waals surface area (Å²) in [6, 6.07) is 0.679. The second kappa shape index (κ2) is 3.87. The number of aromatic nitrogens is 1. The van der Waals surface area contributed by atoms with Crippen LogP contribution in [0.15, 0.2) is 5.38 Å². The normalized spacial score (nSPS) is 23.0. The fraction of sp³-hybridized carbons (Fsp3) is 0.750. The highest BCUT2D eigenvalue weighted by Crippen LogP contribution is 2.40. The highest BCUT2D eigenvalue weighted by Gasteiger charge is 2.28. The summed E-state index contributed by atoms with van der Waals surface area (Å²) in [5.41, 5.74) is 1.34. The molecule has 0 aromatic carbocycles. The summed E-state index contributed by atoms with van der Waals surface area (Å²) in [6.07, 6.45) is 5.54. The molecular formula is C12H18N2S. The van der Waals surface area contributed by atoms with Crippen LogP contribution < -0.4 is 5.32 Å². The van der Waals surface area contributed by atoms with Gasteiger partial charge in [0, 0.05) is 23.9 Å². The van der Waals surface area contributed by atoms with Crippen LogP contribution in [0.25, 0.3) is 0 Å². The van der Waals surface area contributed by atoms with Crippen molar-refractivity contribution < 1.29 is 0 Å². The SMILES string of the molecule is CC(NCc1nc(C2CC2)cs1)C1CC1. The van der Waals surface area contributed by atoms with E-state index in [1.54, 1.807) is 0 Å². The molecule has 1 aromatic heterocycles. The van der Waals surface area contributed by atoms with Gasteiger partial charge in [-0.1, -0.05) is 0 Å². The van der Waals surface area contributed by atoms with E-state index >= 15 is 0 Å². The highest BCUT2D eigenvalue weighted by molar-refractivity contribution is 7.09. The molecule has 0 radical (unpaired) electrons.